The van der Waals surface area contributed by atoms with Crippen molar-refractivity contribution in [1.82, 2.24) is 9.78 Å². The zero-order chi connectivity index (χ0) is 10.8. The smallest absolute Gasteiger partial charge is 0.123 e. The Hall–Kier alpha value is -1.35. The molecule has 2 rings (SSSR count). The molecule has 2 aromatic rings. The van der Waals surface area contributed by atoms with Gasteiger partial charge in [-0.3, -0.25) is 4.68 Å². The minimum atomic E-state index is -0.279. The number of aromatic nitrogens is 2. The molecule has 0 radical (unpaired) electrons. The number of halogens is 2. The van der Waals surface area contributed by atoms with Crippen LogP contribution in [0.15, 0.2) is 30.5 Å². The largest absolute Gasteiger partial charge is 0.265 e. The van der Waals surface area contributed by atoms with Crippen molar-refractivity contribution in [3.05, 3.63) is 52.6 Å². The van der Waals surface area contributed by atoms with Crippen molar-refractivity contribution in [3.63, 3.8) is 0 Å². The van der Waals surface area contributed by atoms with Crippen LogP contribution in [0.3, 0.4) is 0 Å². The lowest BCUT2D eigenvalue weighted by atomic mass is 10.2. The second-order valence-corrected chi connectivity index (χ2v) is 3.77. The molecule has 0 aliphatic heterocycles. The molecule has 0 saturated heterocycles. The molecule has 15 heavy (non-hydrogen) atoms. The highest BCUT2D eigenvalue weighted by Crippen LogP contribution is 2.18. The van der Waals surface area contributed by atoms with Crippen LogP contribution in [0.25, 0.3) is 0 Å². The molecule has 4 heteroatoms. The van der Waals surface area contributed by atoms with E-state index in [2.05, 4.69) is 5.10 Å². The van der Waals surface area contributed by atoms with Gasteiger partial charge >= 0.3 is 0 Å². The van der Waals surface area contributed by atoms with E-state index in [0.717, 1.165) is 11.3 Å². The average Bonchev–Trinajstić information content (AvgIpc) is 2.58. The summed E-state index contributed by atoms with van der Waals surface area (Å²) in [4.78, 5) is 0. The SMILES string of the molecule is Cc1ccnn1Cc1cc(F)ccc1Cl. The molecule has 1 aromatic carbocycles. The monoisotopic (exact) mass is 224 g/mol. The van der Waals surface area contributed by atoms with Crippen LogP contribution in [0.1, 0.15) is 11.3 Å². The van der Waals surface area contributed by atoms with Crippen LogP contribution in [0.4, 0.5) is 4.39 Å². The van der Waals surface area contributed by atoms with Gasteiger partial charge in [-0.1, -0.05) is 11.6 Å². The van der Waals surface area contributed by atoms with Gasteiger partial charge in [-0.15, -0.1) is 0 Å². The van der Waals surface area contributed by atoms with Crippen LogP contribution in [-0.2, 0) is 6.54 Å². The fourth-order valence-corrected chi connectivity index (χ4v) is 1.57. The Balaban J connectivity index is 2.32. The molecule has 0 N–H and O–H groups in total. The maximum atomic E-state index is 13.0. The van der Waals surface area contributed by atoms with E-state index >= 15 is 0 Å². The van der Waals surface area contributed by atoms with Gasteiger partial charge in [-0.2, -0.15) is 5.10 Å². The molecule has 0 spiro atoms. The van der Waals surface area contributed by atoms with Crippen LogP contribution in [0.2, 0.25) is 5.02 Å². The van der Waals surface area contributed by atoms with Crippen LogP contribution < -0.4 is 0 Å². The average molecular weight is 225 g/mol. The third-order valence-electron chi connectivity index (χ3n) is 2.26. The first-order chi connectivity index (χ1) is 7.16. The van der Waals surface area contributed by atoms with Crippen molar-refractivity contribution in [2.45, 2.75) is 13.5 Å². The first kappa shape index (κ1) is 10.2. The number of rotatable bonds is 2. The summed E-state index contributed by atoms with van der Waals surface area (Å²) in [7, 11) is 0. The van der Waals surface area contributed by atoms with E-state index in [0.29, 0.717) is 11.6 Å². The summed E-state index contributed by atoms with van der Waals surface area (Å²) in [5, 5.41) is 4.68. The van der Waals surface area contributed by atoms with E-state index in [1.165, 1.54) is 12.1 Å². The topological polar surface area (TPSA) is 17.8 Å². The number of hydrogen-bond donors (Lipinski definition) is 0. The molecular weight excluding hydrogens is 215 g/mol. The molecule has 0 atom stereocenters. The minimum absolute atomic E-state index is 0.279. The van der Waals surface area contributed by atoms with E-state index in [1.54, 1.807) is 16.9 Å². The van der Waals surface area contributed by atoms with Gasteiger partial charge in [0.2, 0.25) is 0 Å². The van der Waals surface area contributed by atoms with E-state index in [-0.39, 0.29) is 5.82 Å². The van der Waals surface area contributed by atoms with Crippen molar-refractivity contribution < 1.29 is 4.39 Å². The Bertz CT molecular complexity index is 479. The lowest BCUT2D eigenvalue weighted by molar-refractivity contribution is 0.616. The quantitative estimate of drug-likeness (QED) is 0.767. The maximum Gasteiger partial charge on any atom is 0.123 e. The highest BCUT2D eigenvalue weighted by molar-refractivity contribution is 6.31. The molecule has 2 nitrogen and oxygen atoms in total. The Morgan fingerprint density at radius 3 is 2.87 bits per heavy atom. The molecule has 0 aliphatic carbocycles. The fourth-order valence-electron chi connectivity index (χ4n) is 1.39. The van der Waals surface area contributed by atoms with Crippen molar-refractivity contribution in [3.8, 4) is 0 Å². The predicted molar refractivity (Wildman–Crippen MR) is 57.5 cm³/mol. The lowest BCUT2D eigenvalue weighted by Gasteiger charge is -2.06. The highest BCUT2D eigenvalue weighted by atomic mass is 35.5. The predicted octanol–water partition coefficient (Wildman–Crippen LogP) is 3.03. The van der Waals surface area contributed by atoms with Crippen LogP contribution in [0, 0.1) is 12.7 Å². The van der Waals surface area contributed by atoms with Gasteiger partial charge in [-0.05, 0) is 36.8 Å². The summed E-state index contributed by atoms with van der Waals surface area (Å²) in [6.07, 6.45) is 1.71. The first-order valence-corrected chi connectivity index (χ1v) is 4.97. The number of aryl methyl sites for hydroxylation is 1. The maximum absolute atomic E-state index is 13.0. The van der Waals surface area contributed by atoms with E-state index in [1.807, 2.05) is 13.0 Å². The minimum Gasteiger partial charge on any atom is -0.265 e. The van der Waals surface area contributed by atoms with E-state index < -0.39 is 0 Å². The van der Waals surface area contributed by atoms with Crippen molar-refractivity contribution in [1.29, 1.82) is 0 Å². The summed E-state index contributed by atoms with van der Waals surface area (Å²) in [6.45, 7) is 2.44. The zero-order valence-corrected chi connectivity index (χ0v) is 9.00. The molecule has 0 unspecified atom stereocenters. The molecular formula is C11H10ClFN2. The molecule has 0 amide bonds. The third-order valence-corrected chi connectivity index (χ3v) is 2.63. The number of hydrogen-bond acceptors (Lipinski definition) is 1. The van der Waals surface area contributed by atoms with E-state index in [4.69, 9.17) is 11.6 Å². The zero-order valence-electron chi connectivity index (χ0n) is 8.24. The van der Waals surface area contributed by atoms with Gasteiger partial charge < -0.3 is 0 Å². The highest BCUT2D eigenvalue weighted by Gasteiger charge is 2.04. The van der Waals surface area contributed by atoms with Gasteiger partial charge in [-0.25, -0.2) is 4.39 Å². The van der Waals surface area contributed by atoms with Crippen LogP contribution >= 0.6 is 11.6 Å². The van der Waals surface area contributed by atoms with Crippen molar-refractivity contribution in [2.75, 3.05) is 0 Å². The summed E-state index contributed by atoms with van der Waals surface area (Å²) in [5.41, 5.74) is 1.76. The summed E-state index contributed by atoms with van der Waals surface area (Å²) >= 11 is 5.96. The van der Waals surface area contributed by atoms with Crippen LogP contribution in [0.5, 0.6) is 0 Å². The Labute approximate surface area is 92.3 Å². The van der Waals surface area contributed by atoms with Gasteiger partial charge in [0, 0.05) is 16.9 Å². The van der Waals surface area contributed by atoms with Crippen LogP contribution in [-0.4, -0.2) is 9.78 Å². The lowest BCUT2D eigenvalue weighted by Crippen LogP contribution is -2.04. The molecule has 1 aromatic heterocycles. The van der Waals surface area contributed by atoms with Gasteiger partial charge in [0.15, 0.2) is 0 Å². The van der Waals surface area contributed by atoms with Crippen molar-refractivity contribution in [2.24, 2.45) is 0 Å². The molecule has 1 heterocycles. The third kappa shape index (κ3) is 2.18. The fraction of sp³-hybridized carbons (Fsp3) is 0.182. The molecule has 0 aliphatic rings. The molecule has 0 saturated carbocycles. The number of benzene rings is 1. The first-order valence-electron chi connectivity index (χ1n) is 4.59. The van der Waals surface area contributed by atoms with Gasteiger partial charge in [0.05, 0.1) is 6.54 Å². The number of nitrogens with zero attached hydrogens (tertiary/aromatic N) is 2. The Kier molecular flexibility index (Phi) is 2.73. The summed E-state index contributed by atoms with van der Waals surface area (Å²) in [6, 6.07) is 6.24. The van der Waals surface area contributed by atoms with Gasteiger partial charge in [0.25, 0.3) is 0 Å². The van der Waals surface area contributed by atoms with Gasteiger partial charge in [0.1, 0.15) is 5.82 Å². The summed E-state index contributed by atoms with van der Waals surface area (Å²) < 4.78 is 14.8. The second kappa shape index (κ2) is 4.03. The molecule has 0 bridgehead atoms. The summed E-state index contributed by atoms with van der Waals surface area (Å²) in [5.74, 6) is -0.279. The normalized spacial score (nSPS) is 10.6. The standard InChI is InChI=1S/C11H10ClFN2/c1-8-4-5-14-15(8)7-9-6-10(13)2-3-11(9)12/h2-6H,7H2,1H3. The van der Waals surface area contributed by atoms with E-state index in [9.17, 15) is 4.39 Å². The Morgan fingerprint density at radius 1 is 1.40 bits per heavy atom. The van der Waals surface area contributed by atoms with Crippen molar-refractivity contribution >= 4 is 11.6 Å². The second-order valence-electron chi connectivity index (χ2n) is 3.37. The molecule has 78 valence electrons. The molecule has 0 fully saturated rings. The Morgan fingerprint density at radius 2 is 2.20 bits per heavy atom.